The molecule has 0 aromatic heterocycles. The Labute approximate surface area is 181 Å². The summed E-state index contributed by atoms with van der Waals surface area (Å²) in [5.41, 5.74) is 2.92. The summed E-state index contributed by atoms with van der Waals surface area (Å²) >= 11 is 0. The van der Waals surface area contributed by atoms with Gasteiger partial charge in [-0.05, 0) is 61.4 Å². The van der Waals surface area contributed by atoms with E-state index >= 15 is 0 Å². The average Bonchev–Trinajstić information content (AvgIpc) is 3.24. The van der Waals surface area contributed by atoms with Crippen LogP contribution in [-0.4, -0.2) is 60.0 Å². The van der Waals surface area contributed by atoms with Crippen molar-refractivity contribution in [1.29, 1.82) is 0 Å². The first-order chi connectivity index (χ1) is 15.0. The van der Waals surface area contributed by atoms with Gasteiger partial charge < -0.3 is 20.6 Å². The number of hydrogen-bond acceptors (Lipinski definition) is 6. The third kappa shape index (κ3) is 3.46. The quantitative estimate of drug-likeness (QED) is 0.487. The molecule has 5 rings (SSSR count). The highest BCUT2D eigenvalue weighted by molar-refractivity contribution is 6.05. The number of nitrogens with one attached hydrogen (secondary N) is 3. The normalized spacial score (nSPS) is 29.3. The van der Waals surface area contributed by atoms with Gasteiger partial charge in [0.1, 0.15) is 6.04 Å². The van der Waals surface area contributed by atoms with Crippen molar-refractivity contribution in [3.63, 3.8) is 0 Å². The van der Waals surface area contributed by atoms with E-state index < -0.39 is 6.04 Å². The number of aliphatic hydroxyl groups excluding tert-OH is 1. The molecule has 4 aliphatic rings. The number of rotatable bonds is 6. The number of benzene rings is 1. The molecule has 0 bridgehead atoms. The topological polar surface area (TPSA) is 111 Å². The molecule has 3 fully saturated rings. The Bertz CT molecular complexity index is 926. The Hall–Kier alpha value is -2.29. The Morgan fingerprint density at radius 2 is 2.00 bits per heavy atom. The summed E-state index contributed by atoms with van der Waals surface area (Å²) in [6.45, 7) is 4.15. The van der Waals surface area contributed by atoms with Crippen molar-refractivity contribution in [3.05, 3.63) is 34.9 Å². The van der Waals surface area contributed by atoms with Crippen LogP contribution >= 0.6 is 0 Å². The minimum Gasteiger partial charge on any atom is -0.396 e. The number of imide groups is 1. The van der Waals surface area contributed by atoms with Crippen LogP contribution in [0.1, 0.15) is 53.6 Å². The van der Waals surface area contributed by atoms with Crippen LogP contribution in [0.25, 0.3) is 0 Å². The lowest BCUT2D eigenvalue weighted by Crippen LogP contribution is -2.52. The monoisotopic (exact) mass is 426 g/mol. The van der Waals surface area contributed by atoms with Gasteiger partial charge in [0.15, 0.2) is 0 Å². The van der Waals surface area contributed by atoms with Crippen LogP contribution in [0.15, 0.2) is 18.2 Å². The molecular formula is C23H30N4O4. The van der Waals surface area contributed by atoms with Gasteiger partial charge in [-0.1, -0.05) is 12.1 Å². The smallest absolute Gasteiger partial charge is 0.255 e. The first-order valence-electron chi connectivity index (χ1n) is 11.3. The zero-order valence-electron chi connectivity index (χ0n) is 17.7. The van der Waals surface area contributed by atoms with E-state index in [0.29, 0.717) is 25.1 Å². The fraction of sp³-hybridized carbons (Fsp3) is 0.609. The number of hydrogen-bond donors (Lipinski definition) is 4. The number of fused-ring (bicyclic) bond motifs is 1. The van der Waals surface area contributed by atoms with Gasteiger partial charge in [0.05, 0.1) is 6.61 Å². The zero-order valence-corrected chi connectivity index (χ0v) is 17.7. The Morgan fingerprint density at radius 1 is 1.19 bits per heavy atom. The Morgan fingerprint density at radius 3 is 2.74 bits per heavy atom. The van der Waals surface area contributed by atoms with E-state index in [4.69, 9.17) is 0 Å². The molecule has 1 saturated carbocycles. The lowest BCUT2D eigenvalue weighted by molar-refractivity contribution is -0.136. The summed E-state index contributed by atoms with van der Waals surface area (Å²) < 4.78 is 0. The summed E-state index contributed by atoms with van der Waals surface area (Å²) in [6, 6.07) is 5.24. The van der Waals surface area contributed by atoms with Crippen LogP contribution in [0, 0.1) is 10.8 Å². The molecule has 8 nitrogen and oxygen atoms in total. The molecule has 2 saturated heterocycles. The van der Waals surface area contributed by atoms with Crippen LogP contribution in [0.3, 0.4) is 0 Å². The largest absolute Gasteiger partial charge is 0.396 e. The fourth-order valence-electron chi connectivity index (χ4n) is 5.93. The highest BCUT2D eigenvalue weighted by Crippen LogP contribution is 2.67. The molecule has 3 heterocycles. The lowest BCUT2D eigenvalue weighted by Gasteiger charge is -2.29. The van der Waals surface area contributed by atoms with Gasteiger partial charge in [-0.3, -0.25) is 19.7 Å². The second kappa shape index (κ2) is 7.69. The minimum absolute atomic E-state index is 0.00955. The predicted octanol–water partition coefficient (Wildman–Crippen LogP) is 0.289. The molecular weight excluding hydrogens is 396 g/mol. The van der Waals surface area contributed by atoms with Crippen molar-refractivity contribution in [2.75, 3.05) is 26.2 Å². The minimum atomic E-state index is -0.584. The molecule has 8 heteroatoms. The number of amides is 3. The van der Waals surface area contributed by atoms with E-state index in [1.54, 1.807) is 4.90 Å². The summed E-state index contributed by atoms with van der Waals surface area (Å²) in [5, 5.41) is 19.3. The first-order valence-corrected chi connectivity index (χ1v) is 11.3. The molecule has 1 aliphatic carbocycles. The van der Waals surface area contributed by atoms with Crippen LogP contribution in [0.5, 0.6) is 0 Å². The summed E-state index contributed by atoms with van der Waals surface area (Å²) in [7, 11) is 0. The van der Waals surface area contributed by atoms with E-state index in [1.807, 2.05) is 18.2 Å². The average molecular weight is 427 g/mol. The zero-order chi connectivity index (χ0) is 21.6. The van der Waals surface area contributed by atoms with Gasteiger partial charge >= 0.3 is 0 Å². The van der Waals surface area contributed by atoms with Crippen LogP contribution < -0.4 is 16.0 Å². The van der Waals surface area contributed by atoms with Gasteiger partial charge in [-0.25, -0.2) is 0 Å². The molecule has 3 aliphatic heterocycles. The number of nitrogens with zero attached hydrogens (tertiary/aromatic N) is 1. The maximum Gasteiger partial charge on any atom is 0.255 e. The molecule has 3 amide bonds. The van der Waals surface area contributed by atoms with Crippen molar-refractivity contribution < 1.29 is 19.5 Å². The number of carbonyl (C=O) groups excluding carboxylic acids is 3. The number of piperidine rings is 2. The van der Waals surface area contributed by atoms with E-state index in [0.717, 1.165) is 50.0 Å². The van der Waals surface area contributed by atoms with Crippen LogP contribution in [0.2, 0.25) is 0 Å². The number of aliphatic hydroxyl groups is 1. The second-order valence-corrected chi connectivity index (χ2v) is 9.64. The lowest BCUT2D eigenvalue weighted by atomic mass is 9.85. The van der Waals surface area contributed by atoms with E-state index in [9.17, 15) is 19.5 Å². The van der Waals surface area contributed by atoms with Crippen molar-refractivity contribution in [2.45, 2.75) is 51.2 Å². The maximum atomic E-state index is 12.8. The summed E-state index contributed by atoms with van der Waals surface area (Å²) in [4.78, 5) is 38.0. The van der Waals surface area contributed by atoms with Gasteiger partial charge in [0, 0.05) is 37.0 Å². The predicted molar refractivity (Wildman–Crippen MR) is 113 cm³/mol. The molecule has 4 N–H and O–H groups in total. The van der Waals surface area contributed by atoms with Gasteiger partial charge in [-0.2, -0.15) is 0 Å². The fourth-order valence-corrected chi connectivity index (χ4v) is 5.93. The second-order valence-electron chi connectivity index (χ2n) is 9.64. The van der Waals surface area contributed by atoms with Crippen molar-refractivity contribution in [3.8, 4) is 0 Å². The van der Waals surface area contributed by atoms with Crippen molar-refractivity contribution in [2.24, 2.45) is 10.8 Å². The van der Waals surface area contributed by atoms with Crippen molar-refractivity contribution in [1.82, 2.24) is 20.9 Å². The molecule has 2 atom stereocenters. The van der Waals surface area contributed by atoms with E-state index in [2.05, 4.69) is 16.0 Å². The highest BCUT2D eigenvalue weighted by atomic mass is 16.3. The van der Waals surface area contributed by atoms with Crippen molar-refractivity contribution >= 4 is 17.7 Å². The molecule has 1 aromatic rings. The molecule has 166 valence electrons. The molecule has 2 unspecified atom stereocenters. The Balaban J connectivity index is 1.21. The van der Waals surface area contributed by atoms with E-state index in [1.165, 1.54) is 0 Å². The van der Waals surface area contributed by atoms with Gasteiger partial charge in [-0.15, -0.1) is 0 Å². The van der Waals surface area contributed by atoms with Gasteiger partial charge in [0.2, 0.25) is 11.8 Å². The number of carbonyl (C=O) groups is 3. The molecule has 1 spiro atoms. The summed E-state index contributed by atoms with van der Waals surface area (Å²) in [5.74, 6) is -0.805. The van der Waals surface area contributed by atoms with Crippen LogP contribution in [0.4, 0.5) is 0 Å². The summed E-state index contributed by atoms with van der Waals surface area (Å²) in [6.07, 6.45) is 3.98. The third-order valence-electron chi connectivity index (χ3n) is 7.92. The first kappa shape index (κ1) is 20.6. The van der Waals surface area contributed by atoms with Gasteiger partial charge in [0.25, 0.3) is 5.91 Å². The highest BCUT2D eigenvalue weighted by Gasteiger charge is 2.65. The third-order valence-corrected chi connectivity index (χ3v) is 7.92. The SMILES string of the molecule is O=C1CCC(N2Cc3cc(CNCC4(CO)CC45CCNCC5)ccc3C2=O)C(=O)N1. The molecule has 1 aromatic carbocycles. The molecule has 0 radical (unpaired) electrons. The van der Waals surface area contributed by atoms with Crippen LogP contribution in [-0.2, 0) is 22.7 Å². The standard InChI is InChI=1S/C23H30N4O4/c28-14-23(12-22(23)5-7-24-8-6-22)13-25-10-15-1-2-17-16(9-15)11-27(21(17)31)18-3-4-19(29)26-20(18)30/h1-2,9,18,24-25,28H,3-8,10-14H2,(H,26,29,30). The maximum absolute atomic E-state index is 12.8. The molecule has 31 heavy (non-hydrogen) atoms. The Kier molecular flexibility index (Phi) is 5.11. The van der Waals surface area contributed by atoms with E-state index in [-0.39, 0.29) is 41.6 Å².